The van der Waals surface area contributed by atoms with Crippen LogP contribution in [0.5, 0.6) is 34.5 Å². The number of aromatic hydroxyl groups is 2. The van der Waals surface area contributed by atoms with Crippen molar-refractivity contribution in [3.63, 3.8) is 0 Å². The second kappa shape index (κ2) is 8.84. The van der Waals surface area contributed by atoms with Crippen LogP contribution in [0.4, 0.5) is 0 Å². The van der Waals surface area contributed by atoms with Gasteiger partial charge in [-0.2, -0.15) is 0 Å². The Labute approximate surface area is 205 Å². The Balaban J connectivity index is 1.73. The fourth-order valence-corrected chi connectivity index (χ4v) is 4.54. The normalized spacial score (nSPS) is 14.8. The number of hydrogen-bond acceptors (Lipinski definition) is 9. The van der Waals surface area contributed by atoms with Crippen molar-refractivity contribution in [2.75, 3.05) is 21.3 Å². The molecule has 1 aliphatic heterocycles. The molecule has 0 spiro atoms. The van der Waals surface area contributed by atoms with E-state index < -0.39 is 17.3 Å². The van der Waals surface area contributed by atoms with E-state index in [0.29, 0.717) is 28.2 Å². The highest BCUT2D eigenvalue weighted by Crippen LogP contribution is 2.46. The first-order valence-electron chi connectivity index (χ1n) is 11.0. The summed E-state index contributed by atoms with van der Waals surface area (Å²) in [6.07, 6.45) is 1.24. The van der Waals surface area contributed by atoms with Crippen LogP contribution < -0.4 is 24.4 Å². The number of esters is 1. The lowest BCUT2D eigenvalue weighted by Gasteiger charge is -2.26. The lowest BCUT2D eigenvalue weighted by Crippen LogP contribution is -2.22. The molecule has 4 aromatic rings. The van der Waals surface area contributed by atoms with Crippen LogP contribution in [0.2, 0.25) is 0 Å². The van der Waals surface area contributed by atoms with Crippen molar-refractivity contribution in [3.05, 3.63) is 70.1 Å². The summed E-state index contributed by atoms with van der Waals surface area (Å²) in [5, 5.41) is 21.0. The number of phenolic OH excluding ortho intramolecular Hbond substituents is 2. The Kier molecular flexibility index (Phi) is 5.68. The van der Waals surface area contributed by atoms with Crippen molar-refractivity contribution in [2.24, 2.45) is 0 Å². The summed E-state index contributed by atoms with van der Waals surface area (Å²) in [5.74, 6) is -0.326. The third kappa shape index (κ3) is 3.65. The van der Waals surface area contributed by atoms with Gasteiger partial charge >= 0.3 is 5.97 Å². The van der Waals surface area contributed by atoms with Crippen molar-refractivity contribution in [3.8, 4) is 45.6 Å². The quantitative estimate of drug-likeness (QED) is 0.310. The minimum Gasteiger partial charge on any atom is -0.507 e. The van der Waals surface area contributed by atoms with Gasteiger partial charge in [-0.3, -0.25) is 9.59 Å². The Morgan fingerprint density at radius 3 is 2.28 bits per heavy atom. The molecule has 0 bridgehead atoms. The van der Waals surface area contributed by atoms with Crippen molar-refractivity contribution in [1.29, 1.82) is 0 Å². The molecule has 1 aliphatic rings. The van der Waals surface area contributed by atoms with Crippen molar-refractivity contribution in [2.45, 2.75) is 12.3 Å². The van der Waals surface area contributed by atoms with Crippen LogP contribution in [-0.2, 0) is 4.79 Å². The molecule has 0 amide bonds. The molecular weight excluding hydrogens is 468 g/mol. The van der Waals surface area contributed by atoms with Crippen LogP contribution in [0.3, 0.4) is 0 Å². The minimum atomic E-state index is -0.601. The predicted molar refractivity (Wildman–Crippen MR) is 129 cm³/mol. The Morgan fingerprint density at radius 2 is 1.58 bits per heavy atom. The first kappa shape index (κ1) is 23.1. The summed E-state index contributed by atoms with van der Waals surface area (Å²) in [6, 6.07) is 11.0. The summed E-state index contributed by atoms with van der Waals surface area (Å²) in [4.78, 5) is 26.0. The van der Waals surface area contributed by atoms with Crippen LogP contribution in [0, 0.1) is 0 Å². The van der Waals surface area contributed by atoms with Gasteiger partial charge in [-0.25, -0.2) is 0 Å². The van der Waals surface area contributed by atoms with E-state index in [2.05, 4.69) is 0 Å². The zero-order valence-electron chi connectivity index (χ0n) is 19.7. The van der Waals surface area contributed by atoms with E-state index >= 15 is 0 Å². The van der Waals surface area contributed by atoms with Gasteiger partial charge in [0.2, 0.25) is 5.43 Å². The molecule has 0 saturated heterocycles. The topological polar surface area (TPSA) is 125 Å². The van der Waals surface area contributed by atoms with Crippen molar-refractivity contribution in [1.82, 2.24) is 0 Å². The van der Waals surface area contributed by atoms with Gasteiger partial charge in [0.1, 0.15) is 28.7 Å². The number of carbonyl (C=O) groups is 1. The molecule has 5 rings (SSSR count). The van der Waals surface area contributed by atoms with Gasteiger partial charge < -0.3 is 33.6 Å². The smallest absolute Gasteiger partial charge is 0.312 e. The summed E-state index contributed by atoms with van der Waals surface area (Å²) >= 11 is 0. The van der Waals surface area contributed by atoms with E-state index in [9.17, 15) is 19.8 Å². The molecule has 2 heterocycles. The third-order valence-corrected chi connectivity index (χ3v) is 6.27. The number of fused-ring (bicyclic) bond motifs is 3. The number of carbonyl (C=O) groups excluding carboxylic acids is 1. The van der Waals surface area contributed by atoms with E-state index in [0.717, 1.165) is 0 Å². The Bertz CT molecular complexity index is 1570. The van der Waals surface area contributed by atoms with E-state index in [4.69, 9.17) is 23.4 Å². The number of methoxy groups -OCH3 is 3. The second-order valence-corrected chi connectivity index (χ2v) is 8.22. The summed E-state index contributed by atoms with van der Waals surface area (Å²) < 4.78 is 27.0. The van der Waals surface area contributed by atoms with Crippen LogP contribution >= 0.6 is 0 Å². The lowest BCUT2D eigenvalue weighted by molar-refractivity contribution is -0.135. The van der Waals surface area contributed by atoms with E-state index in [-0.39, 0.29) is 46.0 Å². The van der Waals surface area contributed by atoms with E-state index in [1.54, 1.807) is 30.3 Å². The van der Waals surface area contributed by atoms with E-state index in [1.807, 2.05) is 0 Å². The van der Waals surface area contributed by atoms with Gasteiger partial charge in [0, 0.05) is 17.5 Å². The van der Waals surface area contributed by atoms with Crippen LogP contribution in [-0.4, -0.2) is 37.5 Å². The predicted octanol–water partition coefficient (Wildman–Crippen LogP) is 4.34. The Hall–Kier alpha value is -4.66. The zero-order chi connectivity index (χ0) is 25.6. The fraction of sp³-hybridized carbons (Fsp3) is 0.185. The SMILES string of the molecule is COc1ccc([C@@H]2CC(=O)Oc3cc(O)c4c(=O)c(-c5ccc(OC)c(OC)c5)coc4c32)cc1O. The molecule has 0 unspecified atom stereocenters. The number of ether oxygens (including phenoxy) is 4. The molecule has 0 fully saturated rings. The van der Waals surface area contributed by atoms with Gasteiger partial charge in [-0.05, 0) is 35.4 Å². The average Bonchev–Trinajstić information content (AvgIpc) is 2.87. The summed E-state index contributed by atoms with van der Waals surface area (Å²) in [7, 11) is 4.43. The molecule has 1 aromatic heterocycles. The molecule has 3 aromatic carbocycles. The largest absolute Gasteiger partial charge is 0.507 e. The number of hydrogen-bond donors (Lipinski definition) is 2. The van der Waals surface area contributed by atoms with Gasteiger partial charge in [0.05, 0.1) is 33.3 Å². The maximum absolute atomic E-state index is 13.6. The molecule has 184 valence electrons. The maximum Gasteiger partial charge on any atom is 0.312 e. The molecule has 0 radical (unpaired) electrons. The van der Waals surface area contributed by atoms with E-state index in [1.165, 1.54) is 39.7 Å². The summed E-state index contributed by atoms with van der Waals surface area (Å²) in [5.41, 5.74) is 1.32. The molecule has 2 N–H and O–H groups in total. The van der Waals surface area contributed by atoms with Gasteiger partial charge in [0.25, 0.3) is 0 Å². The first-order valence-corrected chi connectivity index (χ1v) is 11.0. The Morgan fingerprint density at radius 1 is 0.861 bits per heavy atom. The van der Waals surface area contributed by atoms with Crippen LogP contribution in [0.25, 0.3) is 22.1 Å². The standard InChI is InChI=1S/C27H22O9/c1-32-19-6-4-13(8-17(19)28)15-10-23(30)36-22-11-18(29)25-26(31)16(12-35-27(25)24(15)22)14-5-7-20(33-2)21(9-14)34-3/h4-9,11-12,15,28-29H,10H2,1-3H3/t15-/m0/s1. The molecular formula is C27H22O9. The molecule has 36 heavy (non-hydrogen) atoms. The number of rotatable bonds is 5. The van der Waals surface area contributed by atoms with Gasteiger partial charge in [-0.15, -0.1) is 0 Å². The monoisotopic (exact) mass is 490 g/mol. The highest BCUT2D eigenvalue weighted by Gasteiger charge is 2.34. The molecule has 0 saturated carbocycles. The molecule has 9 nitrogen and oxygen atoms in total. The first-order chi connectivity index (χ1) is 17.4. The van der Waals surface area contributed by atoms with Crippen LogP contribution in [0.15, 0.2) is 57.9 Å². The highest BCUT2D eigenvalue weighted by molar-refractivity contribution is 5.94. The average molecular weight is 490 g/mol. The van der Waals surface area contributed by atoms with Crippen molar-refractivity contribution >= 4 is 16.9 Å². The number of phenols is 2. The highest BCUT2D eigenvalue weighted by atomic mass is 16.5. The second-order valence-electron chi connectivity index (χ2n) is 8.22. The third-order valence-electron chi connectivity index (χ3n) is 6.27. The fourth-order valence-electron chi connectivity index (χ4n) is 4.54. The van der Waals surface area contributed by atoms with Crippen molar-refractivity contribution < 1.29 is 38.4 Å². The molecule has 9 heteroatoms. The zero-order valence-corrected chi connectivity index (χ0v) is 19.7. The molecule has 1 atom stereocenters. The molecule has 0 aliphatic carbocycles. The van der Waals surface area contributed by atoms with Crippen LogP contribution in [0.1, 0.15) is 23.5 Å². The lowest BCUT2D eigenvalue weighted by atomic mass is 9.84. The maximum atomic E-state index is 13.6. The van der Waals surface area contributed by atoms with Gasteiger partial charge in [-0.1, -0.05) is 12.1 Å². The number of benzene rings is 3. The van der Waals surface area contributed by atoms with Gasteiger partial charge in [0.15, 0.2) is 23.0 Å². The minimum absolute atomic E-state index is 0.0540. The summed E-state index contributed by atoms with van der Waals surface area (Å²) in [6.45, 7) is 0.